The molecular formula is C23H27NO6. The molecule has 0 aliphatic carbocycles. The van der Waals surface area contributed by atoms with E-state index in [1.54, 1.807) is 36.4 Å². The smallest absolute Gasteiger partial charge is 0.338 e. The highest BCUT2D eigenvalue weighted by atomic mass is 16.5. The van der Waals surface area contributed by atoms with E-state index in [4.69, 9.17) is 14.2 Å². The molecule has 1 amide bonds. The monoisotopic (exact) mass is 413 g/mol. The first-order valence-corrected chi connectivity index (χ1v) is 9.69. The molecule has 0 spiro atoms. The summed E-state index contributed by atoms with van der Waals surface area (Å²) in [5.41, 5.74) is 1.18. The van der Waals surface area contributed by atoms with Crippen molar-refractivity contribution in [3.8, 4) is 11.5 Å². The molecule has 0 aliphatic rings. The van der Waals surface area contributed by atoms with Gasteiger partial charge in [0, 0.05) is 11.3 Å². The summed E-state index contributed by atoms with van der Waals surface area (Å²) in [5.74, 6) is 0.195. The van der Waals surface area contributed by atoms with E-state index in [1.165, 1.54) is 20.1 Å². The van der Waals surface area contributed by atoms with Crippen LogP contribution >= 0.6 is 0 Å². The molecule has 0 saturated carbocycles. The number of ketones is 1. The van der Waals surface area contributed by atoms with E-state index in [1.807, 2.05) is 0 Å². The number of hydrogen-bond acceptors (Lipinski definition) is 6. The standard InChI is InChI=1S/C23H27NO6/c1-15(2)10-11-29-20-9-8-18(13-21(20)28-4)23(27)30-14-22(26)24-19-7-5-6-17(12-19)16(3)25/h5-9,12-13,15H,10-11,14H2,1-4H3,(H,24,26). The van der Waals surface area contributed by atoms with Gasteiger partial charge in [-0.1, -0.05) is 26.0 Å². The number of methoxy groups -OCH3 is 1. The van der Waals surface area contributed by atoms with Crippen LogP contribution in [0.5, 0.6) is 11.5 Å². The van der Waals surface area contributed by atoms with Crippen molar-refractivity contribution in [3.63, 3.8) is 0 Å². The molecule has 0 aromatic heterocycles. The first kappa shape index (κ1) is 22.9. The second kappa shape index (κ2) is 11.0. The van der Waals surface area contributed by atoms with Crippen LogP contribution in [0.25, 0.3) is 0 Å². The van der Waals surface area contributed by atoms with Crippen molar-refractivity contribution in [2.75, 3.05) is 25.6 Å². The molecule has 0 heterocycles. The molecule has 160 valence electrons. The number of benzene rings is 2. The van der Waals surface area contributed by atoms with Crippen LogP contribution in [0.15, 0.2) is 42.5 Å². The van der Waals surface area contributed by atoms with Crippen LogP contribution in [0, 0.1) is 5.92 Å². The molecule has 0 unspecified atom stereocenters. The van der Waals surface area contributed by atoms with Gasteiger partial charge in [0.15, 0.2) is 23.9 Å². The fraction of sp³-hybridized carbons (Fsp3) is 0.348. The largest absolute Gasteiger partial charge is 0.493 e. The Hall–Kier alpha value is -3.35. The van der Waals surface area contributed by atoms with Crippen molar-refractivity contribution in [1.82, 2.24) is 0 Å². The third kappa shape index (κ3) is 6.92. The van der Waals surface area contributed by atoms with Gasteiger partial charge in [0.05, 0.1) is 19.3 Å². The molecule has 0 fully saturated rings. The number of carbonyl (C=O) groups is 3. The second-order valence-corrected chi connectivity index (χ2v) is 7.16. The molecule has 0 atom stereocenters. The highest BCUT2D eigenvalue weighted by Gasteiger charge is 2.14. The Labute approximate surface area is 176 Å². The molecule has 0 saturated heterocycles. The molecule has 7 nitrogen and oxygen atoms in total. The quantitative estimate of drug-likeness (QED) is 0.465. The van der Waals surface area contributed by atoms with E-state index < -0.39 is 18.5 Å². The van der Waals surface area contributed by atoms with E-state index in [9.17, 15) is 14.4 Å². The van der Waals surface area contributed by atoms with Crippen LogP contribution in [0.4, 0.5) is 5.69 Å². The van der Waals surface area contributed by atoms with Gasteiger partial charge in [-0.2, -0.15) is 0 Å². The molecule has 2 aromatic carbocycles. The Bertz CT molecular complexity index is 906. The van der Waals surface area contributed by atoms with Gasteiger partial charge in [0.1, 0.15) is 0 Å². The fourth-order valence-corrected chi connectivity index (χ4v) is 2.55. The van der Waals surface area contributed by atoms with Crippen LogP contribution in [-0.2, 0) is 9.53 Å². The molecule has 1 N–H and O–H groups in total. The van der Waals surface area contributed by atoms with Crippen molar-refractivity contribution < 1.29 is 28.6 Å². The maximum absolute atomic E-state index is 12.3. The van der Waals surface area contributed by atoms with Gasteiger partial charge in [0.2, 0.25) is 0 Å². The number of nitrogens with one attached hydrogen (secondary N) is 1. The van der Waals surface area contributed by atoms with Crippen molar-refractivity contribution in [3.05, 3.63) is 53.6 Å². The summed E-state index contributed by atoms with van der Waals surface area (Å²) >= 11 is 0. The molecular weight excluding hydrogens is 386 g/mol. The van der Waals surface area contributed by atoms with Crippen LogP contribution < -0.4 is 14.8 Å². The predicted molar refractivity (Wildman–Crippen MR) is 113 cm³/mol. The Morgan fingerprint density at radius 3 is 2.43 bits per heavy atom. The zero-order valence-corrected chi connectivity index (χ0v) is 17.7. The number of amides is 1. The molecule has 2 aromatic rings. The normalized spacial score (nSPS) is 10.4. The van der Waals surface area contributed by atoms with Gasteiger partial charge in [-0.05, 0) is 49.6 Å². The zero-order chi connectivity index (χ0) is 22.1. The second-order valence-electron chi connectivity index (χ2n) is 7.16. The Kier molecular flexibility index (Phi) is 8.41. The van der Waals surface area contributed by atoms with Gasteiger partial charge in [-0.25, -0.2) is 4.79 Å². The molecule has 2 rings (SSSR count). The third-order valence-electron chi connectivity index (χ3n) is 4.24. The summed E-state index contributed by atoms with van der Waals surface area (Å²) in [6.07, 6.45) is 0.900. The highest BCUT2D eigenvalue weighted by molar-refractivity contribution is 5.98. The summed E-state index contributed by atoms with van der Waals surface area (Å²) in [4.78, 5) is 35.8. The van der Waals surface area contributed by atoms with Gasteiger partial charge >= 0.3 is 5.97 Å². The van der Waals surface area contributed by atoms with Gasteiger partial charge in [-0.3, -0.25) is 9.59 Å². The van der Waals surface area contributed by atoms with Gasteiger partial charge in [0.25, 0.3) is 5.91 Å². The van der Waals surface area contributed by atoms with E-state index in [-0.39, 0.29) is 11.3 Å². The van der Waals surface area contributed by atoms with E-state index in [2.05, 4.69) is 19.2 Å². The van der Waals surface area contributed by atoms with E-state index in [0.717, 1.165) is 6.42 Å². The SMILES string of the molecule is COc1cc(C(=O)OCC(=O)Nc2cccc(C(C)=O)c2)ccc1OCCC(C)C. The maximum atomic E-state index is 12.3. The maximum Gasteiger partial charge on any atom is 0.338 e. The van der Waals surface area contributed by atoms with Crippen molar-refractivity contribution in [2.24, 2.45) is 5.92 Å². The number of anilines is 1. The fourth-order valence-electron chi connectivity index (χ4n) is 2.55. The summed E-state index contributed by atoms with van der Waals surface area (Å²) in [5, 5.41) is 2.59. The first-order valence-electron chi connectivity index (χ1n) is 9.69. The number of rotatable bonds is 10. The summed E-state index contributed by atoms with van der Waals surface area (Å²) < 4.78 is 16.1. The van der Waals surface area contributed by atoms with Gasteiger partial charge in [-0.15, -0.1) is 0 Å². The number of ether oxygens (including phenoxy) is 3. The van der Waals surface area contributed by atoms with Crippen LogP contribution in [0.3, 0.4) is 0 Å². The van der Waals surface area contributed by atoms with Crippen molar-refractivity contribution in [1.29, 1.82) is 0 Å². The molecule has 0 bridgehead atoms. The minimum Gasteiger partial charge on any atom is -0.493 e. The molecule has 0 aliphatic heterocycles. The van der Waals surface area contributed by atoms with Crippen molar-refractivity contribution >= 4 is 23.3 Å². The molecule has 30 heavy (non-hydrogen) atoms. The van der Waals surface area contributed by atoms with Crippen LogP contribution in [0.1, 0.15) is 47.9 Å². The number of hydrogen-bond donors (Lipinski definition) is 1. The predicted octanol–water partition coefficient (Wildman–Crippen LogP) is 4.12. The number of esters is 1. The lowest BCUT2D eigenvalue weighted by molar-refractivity contribution is -0.119. The highest BCUT2D eigenvalue weighted by Crippen LogP contribution is 2.28. The lowest BCUT2D eigenvalue weighted by Crippen LogP contribution is -2.21. The summed E-state index contributed by atoms with van der Waals surface area (Å²) in [7, 11) is 1.49. The Morgan fingerprint density at radius 1 is 1.00 bits per heavy atom. The van der Waals surface area contributed by atoms with Gasteiger partial charge < -0.3 is 19.5 Å². The lowest BCUT2D eigenvalue weighted by Gasteiger charge is -2.13. The summed E-state index contributed by atoms with van der Waals surface area (Å²) in [6.45, 7) is 5.74. The molecule has 0 radical (unpaired) electrons. The average Bonchev–Trinajstić information content (AvgIpc) is 2.72. The zero-order valence-electron chi connectivity index (χ0n) is 17.7. The third-order valence-corrected chi connectivity index (χ3v) is 4.24. The number of Topliss-reactive ketones (excluding diaryl/α,β-unsaturated/α-hetero) is 1. The van der Waals surface area contributed by atoms with E-state index in [0.29, 0.717) is 35.3 Å². The summed E-state index contributed by atoms with van der Waals surface area (Å²) in [6, 6.07) is 11.2. The average molecular weight is 413 g/mol. The van der Waals surface area contributed by atoms with Crippen LogP contribution in [0.2, 0.25) is 0 Å². The molecule has 7 heteroatoms. The van der Waals surface area contributed by atoms with Crippen LogP contribution in [-0.4, -0.2) is 38.0 Å². The first-order chi connectivity index (χ1) is 14.3. The lowest BCUT2D eigenvalue weighted by atomic mass is 10.1. The van der Waals surface area contributed by atoms with Crippen molar-refractivity contribution in [2.45, 2.75) is 27.2 Å². The Balaban J connectivity index is 1.93. The minimum absolute atomic E-state index is 0.108. The minimum atomic E-state index is -0.658. The topological polar surface area (TPSA) is 90.9 Å². The van der Waals surface area contributed by atoms with E-state index >= 15 is 0 Å². The number of carbonyl (C=O) groups excluding carboxylic acids is 3. The Morgan fingerprint density at radius 2 is 1.77 bits per heavy atom.